The van der Waals surface area contributed by atoms with Gasteiger partial charge in [-0.3, -0.25) is 4.57 Å². The highest BCUT2D eigenvalue weighted by Crippen LogP contribution is 2.20. The fraction of sp³-hybridized carbons (Fsp3) is 0.182. The summed E-state index contributed by atoms with van der Waals surface area (Å²) in [5, 5.41) is 0. The van der Waals surface area contributed by atoms with Gasteiger partial charge in [0.05, 0.1) is 7.11 Å². The maximum Gasteiger partial charge on any atom is 0.360 e. The smallest absolute Gasteiger partial charge is 0.360 e. The second kappa shape index (κ2) is 4.77. The first kappa shape index (κ1) is 12.6. The van der Waals surface area contributed by atoms with Gasteiger partial charge < -0.3 is 10.5 Å². The predicted molar refractivity (Wildman–Crippen MR) is 69.5 cm³/mol. The molecule has 0 atom stereocenters. The fourth-order valence-corrected chi connectivity index (χ4v) is 1.67. The van der Waals surface area contributed by atoms with Crippen molar-refractivity contribution >= 4 is 27.7 Å². The molecule has 6 nitrogen and oxygen atoms in total. The van der Waals surface area contributed by atoms with E-state index in [0.717, 1.165) is 10.0 Å². The van der Waals surface area contributed by atoms with Crippen molar-refractivity contribution in [2.75, 3.05) is 12.8 Å². The van der Waals surface area contributed by atoms with Crippen LogP contribution in [0.3, 0.4) is 0 Å². The number of carbonyl (C=O) groups excluding carboxylic acids is 1. The molecule has 2 aromatic rings. The van der Waals surface area contributed by atoms with Gasteiger partial charge in [-0.1, -0.05) is 0 Å². The molecule has 0 unspecified atom stereocenters. The average molecular weight is 311 g/mol. The van der Waals surface area contributed by atoms with E-state index in [-0.39, 0.29) is 11.5 Å². The molecule has 0 amide bonds. The normalized spacial score (nSPS) is 10.4. The van der Waals surface area contributed by atoms with Crippen molar-refractivity contribution in [2.45, 2.75) is 6.92 Å². The average Bonchev–Trinajstić information content (AvgIpc) is 2.74. The Morgan fingerprint density at radius 2 is 2.22 bits per heavy atom. The molecule has 0 aromatic carbocycles. The van der Waals surface area contributed by atoms with Crippen LogP contribution in [0.15, 0.2) is 23.1 Å². The van der Waals surface area contributed by atoms with Crippen LogP contribution in [0.4, 0.5) is 5.82 Å². The zero-order valence-electron chi connectivity index (χ0n) is 9.85. The summed E-state index contributed by atoms with van der Waals surface area (Å²) in [6.07, 6.45) is 3.11. The van der Waals surface area contributed by atoms with Gasteiger partial charge >= 0.3 is 5.97 Å². The number of halogens is 1. The van der Waals surface area contributed by atoms with Crippen LogP contribution in [0.25, 0.3) is 5.82 Å². The molecule has 2 heterocycles. The number of carbonyl (C=O) groups is 1. The highest BCUT2D eigenvalue weighted by Gasteiger charge is 2.17. The van der Waals surface area contributed by atoms with Crippen LogP contribution in [0, 0.1) is 6.92 Å². The van der Waals surface area contributed by atoms with Crippen molar-refractivity contribution in [1.82, 2.24) is 14.5 Å². The highest BCUT2D eigenvalue weighted by molar-refractivity contribution is 9.10. The summed E-state index contributed by atoms with van der Waals surface area (Å²) >= 11 is 3.37. The lowest BCUT2D eigenvalue weighted by Crippen LogP contribution is -2.08. The molecule has 0 aliphatic rings. The molecule has 0 aliphatic heterocycles. The molecule has 0 bridgehead atoms. The lowest BCUT2D eigenvalue weighted by Gasteiger charge is -2.06. The molecule has 0 saturated carbocycles. The second-order valence-corrected chi connectivity index (χ2v) is 4.49. The summed E-state index contributed by atoms with van der Waals surface area (Å²) in [6.45, 7) is 1.93. The van der Waals surface area contributed by atoms with Gasteiger partial charge in [0, 0.05) is 10.7 Å². The number of nitrogen functional groups attached to an aromatic ring is 1. The Labute approximate surface area is 112 Å². The third-order valence-corrected chi connectivity index (χ3v) is 3.29. The summed E-state index contributed by atoms with van der Waals surface area (Å²) in [4.78, 5) is 19.5. The maximum atomic E-state index is 11.4. The van der Waals surface area contributed by atoms with E-state index in [1.807, 2.05) is 13.0 Å². The van der Waals surface area contributed by atoms with E-state index in [2.05, 4.69) is 30.6 Å². The van der Waals surface area contributed by atoms with E-state index in [0.29, 0.717) is 5.82 Å². The standard InChI is InChI=1S/C11H11BrN4O2/c1-6-3-8(14-4-7(6)12)16-5-15-9(10(16)13)11(17)18-2/h3-5H,13H2,1-2H3. The van der Waals surface area contributed by atoms with Crippen LogP contribution in [-0.4, -0.2) is 27.6 Å². The van der Waals surface area contributed by atoms with E-state index < -0.39 is 5.97 Å². The van der Waals surface area contributed by atoms with Crippen molar-refractivity contribution in [1.29, 1.82) is 0 Å². The molecule has 7 heteroatoms. The van der Waals surface area contributed by atoms with E-state index >= 15 is 0 Å². The van der Waals surface area contributed by atoms with Crippen molar-refractivity contribution in [3.8, 4) is 5.82 Å². The number of rotatable bonds is 2. The van der Waals surface area contributed by atoms with Gasteiger partial charge in [0.15, 0.2) is 5.69 Å². The van der Waals surface area contributed by atoms with E-state index in [9.17, 15) is 4.79 Å². The summed E-state index contributed by atoms with van der Waals surface area (Å²) in [5.74, 6) is 0.229. The number of imidazole rings is 1. The third kappa shape index (κ3) is 2.08. The summed E-state index contributed by atoms with van der Waals surface area (Å²) < 4.78 is 7.02. The fourth-order valence-electron chi connectivity index (χ4n) is 1.45. The van der Waals surface area contributed by atoms with Gasteiger partial charge in [-0.15, -0.1) is 0 Å². The van der Waals surface area contributed by atoms with Gasteiger partial charge in [0.1, 0.15) is 18.0 Å². The van der Waals surface area contributed by atoms with E-state index in [1.165, 1.54) is 18.0 Å². The number of anilines is 1. The van der Waals surface area contributed by atoms with Crippen molar-refractivity contribution in [2.24, 2.45) is 0 Å². The van der Waals surface area contributed by atoms with Gasteiger partial charge in [-0.05, 0) is 34.5 Å². The summed E-state index contributed by atoms with van der Waals surface area (Å²) in [5.41, 5.74) is 6.94. The first-order valence-electron chi connectivity index (χ1n) is 5.08. The van der Waals surface area contributed by atoms with Gasteiger partial charge in [-0.25, -0.2) is 14.8 Å². The zero-order valence-corrected chi connectivity index (χ0v) is 11.4. The minimum atomic E-state index is -0.569. The molecule has 94 valence electrons. The Balaban J connectivity index is 2.48. The van der Waals surface area contributed by atoms with Crippen LogP contribution in [0.1, 0.15) is 16.1 Å². The van der Waals surface area contributed by atoms with E-state index in [4.69, 9.17) is 5.73 Å². The molecule has 2 aromatic heterocycles. The predicted octanol–water partition coefficient (Wildman–Crippen LogP) is 1.71. The van der Waals surface area contributed by atoms with Gasteiger partial charge in [0.25, 0.3) is 0 Å². The number of ether oxygens (including phenoxy) is 1. The number of aromatic nitrogens is 3. The topological polar surface area (TPSA) is 83.0 Å². The molecule has 0 spiro atoms. The minimum Gasteiger partial charge on any atom is -0.464 e. The van der Waals surface area contributed by atoms with Gasteiger partial charge in [-0.2, -0.15) is 0 Å². The molecule has 0 radical (unpaired) electrons. The maximum absolute atomic E-state index is 11.4. The van der Waals surface area contributed by atoms with Crippen LogP contribution in [0.2, 0.25) is 0 Å². The van der Waals surface area contributed by atoms with E-state index in [1.54, 1.807) is 6.20 Å². The first-order valence-corrected chi connectivity index (χ1v) is 5.87. The zero-order chi connectivity index (χ0) is 13.3. The number of esters is 1. The number of hydrogen-bond acceptors (Lipinski definition) is 5. The Hall–Kier alpha value is -1.89. The molecule has 0 fully saturated rings. The Morgan fingerprint density at radius 1 is 1.50 bits per heavy atom. The number of nitrogens with zero attached hydrogens (tertiary/aromatic N) is 3. The largest absolute Gasteiger partial charge is 0.464 e. The van der Waals surface area contributed by atoms with Crippen LogP contribution >= 0.6 is 15.9 Å². The molecule has 2 N–H and O–H groups in total. The minimum absolute atomic E-state index is 0.0832. The Kier molecular flexibility index (Phi) is 3.33. The lowest BCUT2D eigenvalue weighted by atomic mass is 10.3. The van der Waals surface area contributed by atoms with Crippen molar-refractivity contribution < 1.29 is 9.53 Å². The molecule has 0 aliphatic carbocycles. The Morgan fingerprint density at radius 3 is 2.83 bits per heavy atom. The molecular weight excluding hydrogens is 300 g/mol. The summed E-state index contributed by atoms with van der Waals surface area (Å²) in [7, 11) is 1.28. The van der Waals surface area contributed by atoms with Crippen LogP contribution < -0.4 is 5.73 Å². The number of aryl methyl sites for hydroxylation is 1. The number of pyridine rings is 1. The lowest BCUT2D eigenvalue weighted by molar-refractivity contribution is 0.0596. The molecule has 0 saturated heterocycles. The van der Waals surface area contributed by atoms with Crippen molar-refractivity contribution in [3.63, 3.8) is 0 Å². The quantitative estimate of drug-likeness (QED) is 0.854. The van der Waals surface area contributed by atoms with Crippen LogP contribution in [0.5, 0.6) is 0 Å². The van der Waals surface area contributed by atoms with Crippen molar-refractivity contribution in [3.05, 3.63) is 34.3 Å². The molecular formula is C11H11BrN4O2. The molecule has 18 heavy (non-hydrogen) atoms. The number of nitrogens with two attached hydrogens (primary N) is 1. The van der Waals surface area contributed by atoms with Gasteiger partial charge in [0.2, 0.25) is 0 Å². The third-order valence-electron chi connectivity index (χ3n) is 2.46. The Bertz CT molecular complexity index is 609. The second-order valence-electron chi connectivity index (χ2n) is 3.63. The first-order chi connectivity index (χ1) is 8.54. The number of methoxy groups -OCH3 is 1. The monoisotopic (exact) mass is 310 g/mol. The number of hydrogen-bond donors (Lipinski definition) is 1. The van der Waals surface area contributed by atoms with Crippen LogP contribution in [-0.2, 0) is 4.74 Å². The SMILES string of the molecule is COC(=O)c1ncn(-c2cc(C)c(Br)cn2)c1N. The summed E-state index contributed by atoms with van der Waals surface area (Å²) in [6, 6.07) is 1.84. The highest BCUT2D eigenvalue weighted by atomic mass is 79.9. The molecule has 2 rings (SSSR count).